The maximum absolute atomic E-state index is 12.8. The molecule has 0 aliphatic rings. The molecule has 0 unspecified atom stereocenters. The van der Waals surface area contributed by atoms with Gasteiger partial charge >= 0.3 is 0 Å². The molecule has 0 aromatic heterocycles. The first-order valence-electron chi connectivity index (χ1n) is 22.4. The van der Waals surface area contributed by atoms with E-state index in [1.54, 1.807) is 0 Å². The van der Waals surface area contributed by atoms with Gasteiger partial charge < -0.3 is 19.5 Å². The zero-order valence-electron chi connectivity index (χ0n) is 38.6. The zero-order chi connectivity index (χ0) is 44.9. The fourth-order valence-electron chi connectivity index (χ4n) is 8.08. The third-order valence-corrected chi connectivity index (χ3v) is 21.0. The number of hydrogen-bond donors (Lipinski definition) is 2. The van der Waals surface area contributed by atoms with Gasteiger partial charge in [0.05, 0.1) is 13.2 Å². The Morgan fingerprint density at radius 2 is 0.806 bits per heavy atom. The van der Waals surface area contributed by atoms with E-state index in [0.717, 1.165) is 0 Å². The predicted octanol–water partition coefficient (Wildman–Crippen LogP) is 8.83. The Kier molecular flexibility index (Phi) is 19.7. The maximum Gasteiger partial charge on any atom is 0.261 e. The van der Waals surface area contributed by atoms with Crippen molar-refractivity contribution in [1.82, 2.24) is 10.6 Å². The van der Waals surface area contributed by atoms with Crippen LogP contribution in [-0.2, 0) is 18.4 Å². The smallest absolute Gasteiger partial charge is 0.261 e. The van der Waals surface area contributed by atoms with Crippen LogP contribution in [0.15, 0.2) is 133 Å². The molecule has 4 aromatic carbocycles. The number of unbranched alkanes of at least 4 members (excludes halogenated alkanes) is 2. The first-order chi connectivity index (χ1) is 29.7. The van der Waals surface area contributed by atoms with E-state index in [1.165, 1.54) is 20.7 Å². The van der Waals surface area contributed by atoms with Gasteiger partial charge in [0.15, 0.2) is 0 Å². The van der Waals surface area contributed by atoms with E-state index in [2.05, 4.69) is 173 Å². The molecular weight excluding hydrogens is 797 g/mol. The van der Waals surface area contributed by atoms with Crippen molar-refractivity contribution in [2.45, 2.75) is 129 Å². The van der Waals surface area contributed by atoms with Crippen LogP contribution in [0, 0.1) is 23.7 Å². The summed E-state index contributed by atoms with van der Waals surface area (Å²) in [5.41, 5.74) is 0. The Morgan fingerprint density at radius 3 is 1.08 bits per heavy atom. The first-order valence-corrected chi connectivity index (χ1v) is 26.2. The molecule has 6 nitrogen and oxygen atoms in total. The number of rotatable bonds is 20. The summed E-state index contributed by atoms with van der Waals surface area (Å²) >= 11 is 0. The van der Waals surface area contributed by atoms with Crippen LogP contribution in [0.1, 0.15) is 107 Å². The second-order valence-electron chi connectivity index (χ2n) is 18.2. The van der Waals surface area contributed by atoms with Gasteiger partial charge in [0.2, 0.25) is 11.8 Å². The lowest BCUT2D eigenvalue weighted by Crippen LogP contribution is -2.67. The number of amides is 2. The van der Waals surface area contributed by atoms with Crippen LogP contribution in [0.25, 0.3) is 0 Å². The highest BCUT2D eigenvalue weighted by Crippen LogP contribution is 2.38. The molecule has 0 aliphatic carbocycles. The lowest BCUT2D eigenvalue weighted by Gasteiger charge is -2.43. The minimum atomic E-state index is -2.66. The van der Waals surface area contributed by atoms with E-state index in [4.69, 9.17) is 8.85 Å². The van der Waals surface area contributed by atoms with Gasteiger partial charge in [-0.3, -0.25) is 9.59 Å². The maximum atomic E-state index is 12.8. The SMILES string of the molecule is C[C@H](CO[Si](c1ccccc1)(c1ccccc1)C(C)(C)C)NC(=O)CCCC#CC/C=C\CC#CCCCC(=O)N[C@H](C)CO[Si](c1ccccc1)(c1ccccc1)C(C)(C)C. The van der Waals surface area contributed by atoms with E-state index in [0.29, 0.717) is 64.6 Å². The Hall–Kier alpha value is -4.97. The van der Waals surface area contributed by atoms with E-state index >= 15 is 0 Å². The fraction of sp³-hybridized carbons (Fsp3) is 0.407. The number of hydrogen-bond acceptors (Lipinski definition) is 4. The molecule has 0 bridgehead atoms. The van der Waals surface area contributed by atoms with Crippen LogP contribution in [0.2, 0.25) is 10.1 Å². The highest BCUT2D eigenvalue weighted by molar-refractivity contribution is 7.00. The molecule has 2 amide bonds. The van der Waals surface area contributed by atoms with Crippen molar-refractivity contribution in [2.75, 3.05) is 13.2 Å². The van der Waals surface area contributed by atoms with Crippen molar-refractivity contribution >= 4 is 49.2 Å². The third kappa shape index (κ3) is 14.3. The molecule has 2 N–H and O–H groups in total. The van der Waals surface area contributed by atoms with E-state index < -0.39 is 16.6 Å². The summed E-state index contributed by atoms with van der Waals surface area (Å²) in [4.78, 5) is 25.6. The summed E-state index contributed by atoms with van der Waals surface area (Å²) in [6.07, 6.45) is 9.01. The molecule has 0 heterocycles. The summed E-state index contributed by atoms with van der Waals surface area (Å²) in [5.74, 6) is 12.8. The summed E-state index contributed by atoms with van der Waals surface area (Å²) in [5, 5.41) is 11.0. The van der Waals surface area contributed by atoms with Crippen LogP contribution in [0.4, 0.5) is 0 Å². The quantitative estimate of drug-likeness (QED) is 0.0403. The van der Waals surface area contributed by atoms with Gasteiger partial charge in [-0.05, 0) is 57.5 Å². The minimum absolute atomic E-state index is 0.0239. The topological polar surface area (TPSA) is 76.7 Å². The standard InChI is InChI=1S/C54H70N2O4Si2/c1-45(43-59-61(53(3,4)5,47-33-23-19-24-34-47)48-35-25-20-26-36-48)55-51(57)41-31-17-15-13-11-9-10-12-14-16-18-32-42-52(58)56-46(2)44-60-62(54(6,7)8,49-37-27-21-28-38-49)50-39-29-22-30-40-50/h9-10,19-30,33-40,45-46H,11-12,17-18,31-32,41-44H2,1-8H3,(H,55,57)(H,56,58)/b10-9-/t45-,46-/m1/s1. The number of allylic oxidation sites excluding steroid dienone is 2. The Labute approximate surface area is 376 Å². The molecule has 328 valence electrons. The molecule has 8 heteroatoms. The lowest BCUT2D eigenvalue weighted by molar-refractivity contribution is -0.122. The van der Waals surface area contributed by atoms with Crippen molar-refractivity contribution in [2.24, 2.45) is 0 Å². The second-order valence-corrected chi connectivity index (χ2v) is 26.8. The molecule has 4 rings (SSSR count). The molecular formula is C54H70N2O4Si2. The van der Waals surface area contributed by atoms with Crippen molar-refractivity contribution in [3.05, 3.63) is 133 Å². The third-order valence-electron chi connectivity index (χ3n) is 11.0. The first kappa shape index (κ1) is 49.7. The molecule has 4 aromatic rings. The van der Waals surface area contributed by atoms with Gasteiger partial charge in [-0.15, -0.1) is 11.8 Å². The highest BCUT2D eigenvalue weighted by Gasteiger charge is 2.51. The molecule has 62 heavy (non-hydrogen) atoms. The molecule has 0 fully saturated rings. The van der Waals surface area contributed by atoms with Crippen molar-refractivity contribution in [3.63, 3.8) is 0 Å². The lowest BCUT2D eigenvalue weighted by atomic mass is 10.2. The average Bonchev–Trinajstić information content (AvgIpc) is 3.24. The van der Waals surface area contributed by atoms with E-state index in [1.807, 2.05) is 50.3 Å². The van der Waals surface area contributed by atoms with Crippen LogP contribution in [0.3, 0.4) is 0 Å². The number of nitrogens with one attached hydrogen (secondary N) is 2. The molecule has 0 spiro atoms. The Balaban J connectivity index is 1.10. The van der Waals surface area contributed by atoms with Gasteiger partial charge in [-0.2, -0.15) is 0 Å². The molecule has 2 atom stereocenters. The number of carbonyl (C=O) groups is 2. The van der Waals surface area contributed by atoms with Gasteiger partial charge in [0, 0.05) is 50.6 Å². The summed E-state index contributed by atoms with van der Waals surface area (Å²) in [6, 6.07) is 42.0. The highest BCUT2D eigenvalue weighted by atomic mass is 28.4. The number of benzene rings is 4. The van der Waals surface area contributed by atoms with Crippen LogP contribution >= 0.6 is 0 Å². The summed E-state index contributed by atoms with van der Waals surface area (Å²) < 4.78 is 14.0. The average molecular weight is 867 g/mol. The molecule has 0 aliphatic heterocycles. The minimum Gasteiger partial charge on any atom is -0.405 e. The van der Waals surface area contributed by atoms with Crippen LogP contribution < -0.4 is 31.4 Å². The molecule has 0 saturated carbocycles. The molecule has 0 radical (unpaired) electrons. The van der Waals surface area contributed by atoms with Gasteiger partial charge in [-0.1, -0.05) is 187 Å². The largest absolute Gasteiger partial charge is 0.405 e. The Morgan fingerprint density at radius 1 is 0.516 bits per heavy atom. The van der Waals surface area contributed by atoms with Crippen molar-refractivity contribution in [1.29, 1.82) is 0 Å². The fourth-order valence-corrected chi connectivity index (χ4v) is 17.4. The Bertz CT molecular complexity index is 1870. The number of carbonyl (C=O) groups excluding carboxylic acids is 2. The van der Waals surface area contributed by atoms with Gasteiger partial charge in [0.1, 0.15) is 0 Å². The summed E-state index contributed by atoms with van der Waals surface area (Å²) in [6.45, 7) is 18.5. The summed E-state index contributed by atoms with van der Waals surface area (Å²) in [7, 11) is -5.31. The van der Waals surface area contributed by atoms with Crippen molar-refractivity contribution < 1.29 is 18.4 Å². The van der Waals surface area contributed by atoms with E-state index in [9.17, 15) is 9.59 Å². The molecule has 0 saturated heterocycles. The second kappa shape index (κ2) is 24.6. The van der Waals surface area contributed by atoms with Crippen molar-refractivity contribution in [3.8, 4) is 23.7 Å². The normalized spacial score (nSPS) is 13.0. The zero-order valence-corrected chi connectivity index (χ0v) is 40.6. The van der Waals surface area contributed by atoms with Gasteiger partial charge in [0.25, 0.3) is 16.6 Å². The van der Waals surface area contributed by atoms with Crippen LogP contribution in [0.5, 0.6) is 0 Å². The predicted molar refractivity (Wildman–Crippen MR) is 264 cm³/mol. The van der Waals surface area contributed by atoms with Crippen LogP contribution in [-0.4, -0.2) is 53.7 Å². The monoisotopic (exact) mass is 866 g/mol. The van der Waals surface area contributed by atoms with Gasteiger partial charge in [-0.25, -0.2) is 0 Å². The van der Waals surface area contributed by atoms with E-state index in [-0.39, 0.29) is 34.0 Å².